The number of carbonyl (C=O) groups excluding carboxylic acids is 1. The van der Waals surface area contributed by atoms with Gasteiger partial charge in [-0.05, 0) is 46.6 Å². The Morgan fingerprint density at radius 2 is 1.84 bits per heavy atom. The third-order valence-corrected chi connectivity index (χ3v) is 4.55. The molecule has 1 amide bonds. The maximum Gasteiger partial charge on any atom is 0.254 e. The molecule has 2 aromatic rings. The number of nitrogens with zero attached hydrogens (tertiary/aromatic N) is 5. The molecule has 3 rings (SSSR count). The molecule has 7 heteroatoms. The van der Waals surface area contributed by atoms with Crippen LogP contribution < -0.4 is 10.2 Å². The average molecular weight is 342 g/mol. The molecule has 0 spiro atoms. The molecule has 1 aliphatic rings. The van der Waals surface area contributed by atoms with Gasteiger partial charge in [-0.3, -0.25) is 9.48 Å². The van der Waals surface area contributed by atoms with Gasteiger partial charge in [0.25, 0.3) is 5.91 Å². The van der Waals surface area contributed by atoms with Gasteiger partial charge in [-0.15, -0.1) is 0 Å². The topological polar surface area (TPSA) is 75.9 Å². The van der Waals surface area contributed by atoms with Crippen molar-refractivity contribution in [1.29, 1.82) is 0 Å². The number of amides is 1. The summed E-state index contributed by atoms with van der Waals surface area (Å²) in [5, 5.41) is 7.54. The summed E-state index contributed by atoms with van der Waals surface area (Å²) >= 11 is 0. The predicted molar refractivity (Wildman–Crippen MR) is 96.7 cm³/mol. The maximum atomic E-state index is 12.6. The molecule has 1 aliphatic heterocycles. The summed E-state index contributed by atoms with van der Waals surface area (Å²) in [5.41, 5.74) is 1.42. The lowest BCUT2D eigenvalue weighted by molar-refractivity contribution is 0.0930. The van der Waals surface area contributed by atoms with E-state index >= 15 is 0 Å². The number of piperidine rings is 1. The molecule has 0 atom stereocenters. The van der Waals surface area contributed by atoms with E-state index in [1.54, 1.807) is 18.6 Å². The van der Waals surface area contributed by atoms with Gasteiger partial charge in [0.15, 0.2) is 0 Å². The summed E-state index contributed by atoms with van der Waals surface area (Å²) in [6.45, 7) is 9.87. The van der Waals surface area contributed by atoms with Crippen LogP contribution in [0.5, 0.6) is 0 Å². The number of aromatic nitrogens is 4. The smallest absolute Gasteiger partial charge is 0.254 e. The maximum absolute atomic E-state index is 12.6. The molecule has 2 aromatic heterocycles. The number of carbonyl (C=O) groups is 1. The van der Waals surface area contributed by atoms with E-state index in [9.17, 15) is 4.79 Å². The summed E-state index contributed by atoms with van der Waals surface area (Å²) in [7, 11) is 0. The third kappa shape index (κ3) is 3.81. The zero-order valence-electron chi connectivity index (χ0n) is 15.4. The minimum absolute atomic E-state index is 0.0394. The fourth-order valence-corrected chi connectivity index (χ4v) is 3.25. The van der Waals surface area contributed by atoms with Crippen LogP contribution in [-0.4, -0.2) is 44.8 Å². The van der Waals surface area contributed by atoms with Gasteiger partial charge in [0.05, 0.1) is 17.3 Å². The van der Waals surface area contributed by atoms with E-state index in [1.807, 2.05) is 17.7 Å². The molecule has 134 valence electrons. The molecule has 0 aromatic carbocycles. The Labute approximate surface area is 148 Å². The van der Waals surface area contributed by atoms with E-state index in [-0.39, 0.29) is 17.5 Å². The summed E-state index contributed by atoms with van der Waals surface area (Å²) in [5.74, 6) is 0.719. The quantitative estimate of drug-likeness (QED) is 0.925. The Kier molecular flexibility index (Phi) is 4.74. The molecular weight excluding hydrogens is 316 g/mol. The first-order chi connectivity index (χ1) is 11.9. The second-order valence-corrected chi connectivity index (χ2v) is 7.51. The van der Waals surface area contributed by atoms with Gasteiger partial charge in [0, 0.05) is 37.2 Å². The van der Waals surface area contributed by atoms with Crippen molar-refractivity contribution in [3.63, 3.8) is 0 Å². The fourth-order valence-electron chi connectivity index (χ4n) is 3.25. The minimum Gasteiger partial charge on any atom is -0.349 e. The van der Waals surface area contributed by atoms with E-state index in [4.69, 9.17) is 0 Å². The van der Waals surface area contributed by atoms with Crippen LogP contribution in [0.2, 0.25) is 0 Å². The van der Waals surface area contributed by atoms with Gasteiger partial charge in [0.2, 0.25) is 5.95 Å². The first-order valence-corrected chi connectivity index (χ1v) is 8.74. The number of nitrogens with one attached hydrogen (secondary N) is 1. The van der Waals surface area contributed by atoms with Crippen LogP contribution in [0, 0.1) is 6.92 Å². The zero-order valence-corrected chi connectivity index (χ0v) is 15.4. The van der Waals surface area contributed by atoms with Gasteiger partial charge < -0.3 is 10.2 Å². The van der Waals surface area contributed by atoms with Crippen molar-refractivity contribution in [2.24, 2.45) is 0 Å². The molecule has 1 saturated heterocycles. The number of anilines is 1. The molecular formula is C18H26N6O. The lowest BCUT2D eigenvalue weighted by Gasteiger charge is -2.32. The monoisotopic (exact) mass is 342 g/mol. The Hall–Kier alpha value is -2.44. The molecule has 0 aliphatic carbocycles. The molecule has 3 heterocycles. The van der Waals surface area contributed by atoms with Crippen molar-refractivity contribution < 1.29 is 4.79 Å². The van der Waals surface area contributed by atoms with Crippen LogP contribution in [0.15, 0.2) is 24.7 Å². The molecule has 0 saturated carbocycles. The van der Waals surface area contributed by atoms with Crippen molar-refractivity contribution in [2.45, 2.75) is 52.1 Å². The van der Waals surface area contributed by atoms with Crippen LogP contribution in [0.25, 0.3) is 0 Å². The normalized spacial score (nSPS) is 16.1. The Morgan fingerprint density at radius 3 is 2.40 bits per heavy atom. The second kappa shape index (κ2) is 6.82. The molecule has 1 N–H and O–H groups in total. The lowest BCUT2D eigenvalue weighted by atomic mass is 10.0. The van der Waals surface area contributed by atoms with E-state index in [2.05, 4.69) is 46.1 Å². The standard InChI is InChI=1S/C18H26N6O/c1-13-15(12-21-24(13)18(2,3)4)16(25)22-14-6-10-23(11-7-14)17-19-8-5-9-20-17/h5,8-9,12,14H,6-7,10-11H2,1-4H3,(H,22,25). The summed E-state index contributed by atoms with van der Waals surface area (Å²) in [6.07, 6.45) is 6.95. The van der Waals surface area contributed by atoms with Crippen molar-refractivity contribution in [3.05, 3.63) is 35.9 Å². The van der Waals surface area contributed by atoms with Crippen molar-refractivity contribution in [3.8, 4) is 0 Å². The van der Waals surface area contributed by atoms with Gasteiger partial charge >= 0.3 is 0 Å². The van der Waals surface area contributed by atoms with E-state index in [0.29, 0.717) is 5.56 Å². The van der Waals surface area contributed by atoms with E-state index in [1.165, 1.54) is 0 Å². The fraction of sp³-hybridized carbons (Fsp3) is 0.556. The van der Waals surface area contributed by atoms with Crippen LogP contribution in [-0.2, 0) is 5.54 Å². The van der Waals surface area contributed by atoms with E-state index in [0.717, 1.165) is 37.6 Å². The third-order valence-electron chi connectivity index (χ3n) is 4.55. The van der Waals surface area contributed by atoms with Crippen LogP contribution in [0.4, 0.5) is 5.95 Å². The van der Waals surface area contributed by atoms with Crippen molar-refractivity contribution in [2.75, 3.05) is 18.0 Å². The SMILES string of the molecule is Cc1c(C(=O)NC2CCN(c3ncccn3)CC2)cnn1C(C)(C)C. The summed E-state index contributed by atoms with van der Waals surface area (Å²) in [6, 6.07) is 1.99. The molecule has 1 fully saturated rings. The number of hydrogen-bond donors (Lipinski definition) is 1. The highest BCUT2D eigenvalue weighted by Gasteiger charge is 2.25. The Morgan fingerprint density at radius 1 is 1.20 bits per heavy atom. The first kappa shape index (κ1) is 17.4. The molecule has 7 nitrogen and oxygen atoms in total. The second-order valence-electron chi connectivity index (χ2n) is 7.51. The largest absolute Gasteiger partial charge is 0.349 e. The summed E-state index contributed by atoms with van der Waals surface area (Å²) < 4.78 is 1.90. The highest BCUT2D eigenvalue weighted by atomic mass is 16.1. The highest BCUT2D eigenvalue weighted by Crippen LogP contribution is 2.19. The molecule has 0 unspecified atom stereocenters. The van der Waals surface area contributed by atoms with Gasteiger partial charge in [0.1, 0.15) is 0 Å². The van der Waals surface area contributed by atoms with Crippen molar-refractivity contribution >= 4 is 11.9 Å². The highest BCUT2D eigenvalue weighted by molar-refractivity contribution is 5.95. The zero-order chi connectivity index (χ0) is 18.0. The molecule has 0 bridgehead atoms. The molecule has 0 radical (unpaired) electrons. The van der Waals surface area contributed by atoms with Gasteiger partial charge in [-0.25, -0.2) is 9.97 Å². The Balaban J connectivity index is 1.59. The minimum atomic E-state index is -0.135. The molecule has 25 heavy (non-hydrogen) atoms. The first-order valence-electron chi connectivity index (χ1n) is 8.74. The summed E-state index contributed by atoms with van der Waals surface area (Å²) in [4.78, 5) is 23.4. The number of hydrogen-bond acceptors (Lipinski definition) is 5. The van der Waals surface area contributed by atoms with Crippen LogP contribution in [0.3, 0.4) is 0 Å². The predicted octanol–water partition coefficient (Wildman–Crippen LogP) is 2.14. The Bertz CT molecular complexity index is 726. The average Bonchev–Trinajstić information content (AvgIpc) is 2.98. The van der Waals surface area contributed by atoms with Crippen LogP contribution in [0.1, 0.15) is 49.7 Å². The van der Waals surface area contributed by atoms with Gasteiger partial charge in [-0.2, -0.15) is 5.10 Å². The van der Waals surface area contributed by atoms with E-state index < -0.39 is 0 Å². The van der Waals surface area contributed by atoms with Gasteiger partial charge in [-0.1, -0.05) is 0 Å². The number of rotatable bonds is 3. The van der Waals surface area contributed by atoms with Crippen LogP contribution >= 0.6 is 0 Å². The lowest BCUT2D eigenvalue weighted by Crippen LogP contribution is -2.45. The van der Waals surface area contributed by atoms with Crippen molar-refractivity contribution in [1.82, 2.24) is 25.1 Å².